The van der Waals surface area contributed by atoms with Crippen LogP contribution in [0.5, 0.6) is 0 Å². The summed E-state index contributed by atoms with van der Waals surface area (Å²) >= 11 is 0. The van der Waals surface area contributed by atoms with E-state index in [1.807, 2.05) is 6.07 Å². The number of fused-ring (bicyclic) bond motifs is 1. The van der Waals surface area contributed by atoms with E-state index in [0.29, 0.717) is 17.9 Å². The smallest absolute Gasteiger partial charge is 0.240 e. The monoisotopic (exact) mass is 297 g/mol. The quantitative estimate of drug-likeness (QED) is 0.699. The average molecular weight is 297 g/mol. The first-order valence-electron chi connectivity index (χ1n) is 6.56. The average Bonchev–Trinajstić information content (AvgIpc) is 2.46. The van der Waals surface area contributed by atoms with E-state index in [9.17, 15) is 13.2 Å². The fraction of sp³-hybridized carbons (Fsp3) is 0.462. The predicted molar refractivity (Wildman–Crippen MR) is 75.7 cm³/mol. The third kappa shape index (κ3) is 3.36. The Morgan fingerprint density at radius 3 is 2.95 bits per heavy atom. The lowest BCUT2D eigenvalue weighted by Crippen LogP contribution is -2.31. The van der Waals surface area contributed by atoms with Crippen LogP contribution >= 0.6 is 0 Å². The first-order chi connectivity index (χ1) is 9.54. The minimum absolute atomic E-state index is 0.101. The van der Waals surface area contributed by atoms with Crippen molar-refractivity contribution < 1.29 is 13.2 Å². The summed E-state index contributed by atoms with van der Waals surface area (Å²) in [5.74, 6) is -0.188. The molecule has 2 rings (SSSR count). The number of nitrogens with one attached hydrogen (secondary N) is 3. The van der Waals surface area contributed by atoms with Crippen molar-refractivity contribution in [1.29, 1.82) is 0 Å². The normalized spacial score (nSPS) is 14.7. The molecule has 1 amide bonds. The summed E-state index contributed by atoms with van der Waals surface area (Å²) in [6.45, 7) is 1.57. The van der Waals surface area contributed by atoms with Crippen LogP contribution < -0.4 is 15.4 Å². The topological polar surface area (TPSA) is 87.3 Å². The Bertz CT molecular complexity index is 599. The second-order valence-electron chi connectivity index (χ2n) is 4.64. The molecule has 1 aliphatic rings. The number of amides is 1. The maximum atomic E-state index is 12.3. The maximum absolute atomic E-state index is 12.3. The molecule has 1 heterocycles. The molecule has 0 aliphatic carbocycles. The van der Waals surface area contributed by atoms with Gasteiger partial charge in [0.25, 0.3) is 0 Å². The molecule has 0 saturated carbocycles. The third-order valence-corrected chi connectivity index (χ3v) is 4.86. The molecule has 1 aliphatic heterocycles. The fourth-order valence-electron chi connectivity index (χ4n) is 2.25. The van der Waals surface area contributed by atoms with Gasteiger partial charge in [-0.3, -0.25) is 4.79 Å². The van der Waals surface area contributed by atoms with Crippen LogP contribution in [0.2, 0.25) is 0 Å². The van der Waals surface area contributed by atoms with Crippen molar-refractivity contribution in [3.8, 4) is 0 Å². The van der Waals surface area contributed by atoms with E-state index < -0.39 is 10.0 Å². The molecule has 0 bridgehead atoms. The highest BCUT2D eigenvalue weighted by Gasteiger charge is 2.21. The SMILES string of the molecule is CNC(=O)CCNS(=O)(=O)c1cccc2c1CCNC2. The van der Waals surface area contributed by atoms with E-state index in [1.54, 1.807) is 12.1 Å². The molecule has 7 heteroatoms. The summed E-state index contributed by atoms with van der Waals surface area (Å²) in [5, 5.41) is 5.68. The zero-order chi connectivity index (χ0) is 14.6. The van der Waals surface area contributed by atoms with Gasteiger partial charge < -0.3 is 10.6 Å². The molecule has 0 spiro atoms. The zero-order valence-electron chi connectivity index (χ0n) is 11.4. The molecule has 0 aromatic heterocycles. The summed E-state index contributed by atoms with van der Waals surface area (Å²) in [4.78, 5) is 11.4. The van der Waals surface area contributed by atoms with Crippen LogP contribution in [0.25, 0.3) is 0 Å². The van der Waals surface area contributed by atoms with Crippen LogP contribution in [0.4, 0.5) is 0 Å². The Hall–Kier alpha value is -1.44. The standard InChI is InChI=1S/C13H19N3O3S/c1-14-13(17)6-8-16-20(18,19)12-4-2-3-10-9-15-7-5-11(10)12/h2-4,15-16H,5-9H2,1H3,(H,14,17). The molecular formula is C13H19N3O3S. The molecule has 0 saturated heterocycles. The van der Waals surface area contributed by atoms with Gasteiger partial charge in [-0.2, -0.15) is 0 Å². The first-order valence-corrected chi connectivity index (χ1v) is 8.04. The number of rotatable bonds is 5. The van der Waals surface area contributed by atoms with Crippen LogP contribution in [0.15, 0.2) is 23.1 Å². The van der Waals surface area contributed by atoms with Gasteiger partial charge in [-0.05, 0) is 30.2 Å². The van der Waals surface area contributed by atoms with Gasteiger partial charge in [-0.25, -0.2) is 13.1 Å². The maximum Gasteiger partial charge on any atom is 0.240 e. The van der Waals surface area contributed by atoms with Crippen molar-refractivity contribution in [3.63, 3.8) is 0 Å². The molecule has 1 aromatic rings. The van der Waals surface area contributed by atoms with Crippen LogP contribution in [0.1, 0.15) is 17.5 Å². The lowest BCUT2D eigenvalue weighted by Gasteiger charge is -2.20. The van der Waals surface area contributed by atoms with Gasteiger partial charge in [0.1, 0.15) is 0 Å². The van der Waals surface area contributed by atoms with Gasteiger partial charge >= 0.3 is 0 Å². The van der Waals surface area contributed by atoms with Gasteiger partial charge in [0.15, 0.2) is 0 Å². The Balaban J connectivity index is 2.15. The lowest BCUT2D eigenvalue weighted by molar-refractivity contribution is -0.120. The molecule has 0 fully saturated rings. The van der Waals surface area contributed by atoms with Crippen molar-refractivity contribution in [1.82, 2.24) is 15.4 Å². The Morgan fingerprint density at radius 1 is 1.40 bits per heavy atom. The largest absolute Gasteiger partial charge is 0.359 e. The van der Waals surface area contributed by atoms with Crippen molar-refractivity contribution in [3.05, 3.63) is 29.3 Å². The van der Waals surface area contributed by atoms with Crippen LogP contribution in [0, 0.1) is 0 Å². The van der Waals surface area contributed by atoms with Gasteiger partial charge in [-0.1, -0.05) is 12.1 Å². The second kappa shape index (κ2) is 6.34. The van der Waals surface area contributed by atoms with E-state index >= 15 is 0 Å². The molecule has 1 aromatic carbocycles. The number of hydrogen-bond acceptors (Lipinski definition) is 4. The molecule has 3 N–H and O–H groups in total. The number of benzene rings is 1. The summed E-state index contributed by atoms with van der Waals surface area (Å²) in [7, 11) is -2.04. The molecular weight excluding hydrogens is 278 g/mol. The lowest BCUT2D eigenvalue weighted by atomic mass is 10.0. The molecule has 0 atom stereocenters. The van der Waals surface area contributed by atoms with Gasteiger partial charge in [-0.15, -0.1) is 0 Å². The summed E-state index contributed by atoms with van der Waals surface area (Å²) in [5.41, 5.74) is 1.89. The minimum atomic E-state index is -3.56. The molecule has 110 valence electrons. The zero-order valence-corrected chi connectivity index (χ0v) is 12.2. The highest BCUT2D eigenvalue weighted by atomic mass is 32.2. The van der Waals surface area contributed by atoms with Crippen molar-refractivity contribution in [2.45, 2.75) is 24.3 Å². The highest BCUT2D eigenvalue weighted by Crippen LogP contribution is 2.22. The third-order valence-electron chi connectivity index (χ3n) is 3.31. The van der Waals surface area contributed by atoms with Crippen LogP contribution in [-0.4, -0.2) is 34.5 Å². The number of sulfonamides is 1. The van der Waals surface area contributed by atoms with Crippen molar-refractivity contribution >= 4 is 15.9 Å². The molecule has 20 heavy (non-hydrogen) atoms. The Kier molecular flexibility index (Phi) is 4.74. The molecule has 6 nitrogen and oxygen atoms in total. The Morgan fingerprint density at radius 2 is 2.20 bits per heavy atom. The summed E-state index contributed by atoms with van der Waals surface area (Å²) < 4.78 is 27.1. The first kappa shape index (κ1) is 15.0. The van der Waals surface area contributed by atoms with E-state index in [0.717, 1.165) is 17.7 Å². The van der Waals surface area contributed by atoms with Gasteiger partial charge in [0, 0.05) is 26.6 Å². The van der Waals surface area contributed by atoms with E-state index in [1.165, 1.54) is 7.05 Å². The fourth-order valence-corrected chi connectivity index (χ4v) is 3.59. The molecule has 0 unspecified atom stereocenters. The van der Waals surface area contributed by atoms with Crippen LogP contribution in [0.3, 0.4) is 0 Å². The van der Waals surface area contributed by atoms with E-state index in [2.05, 4.69) is 15.4 Å². The van der Waals surface area contributed by atoms with Gasteiger partial charge in [0.2, 0.25) is 15.9 Å². The summed E-state index contributed by atoms with van der Waals surface area (Å²) in [6.07, 6.45) is 0.828. The van der Waals surface area contributed by atoms with Crippen molar-refractivity contribution in [2.24, 2.45) is 0 Å². The van der Waals surface area contributed by atoms with Gasteiger partial charge in [0.05, 0.1) is 4.90 Å². The second-order valence-corrected chi connectivity index (χ2v) is 6.38. The summed E-state index contributed by atoms with van der Waals surface area (Å²) in [6, 6.07) is 5.30. The minimum Gasteiger partial charge on any atom is -0.359 e. The number of hydrogen-bond donors (Lipinski definition) is 3. The van der Waals surface area contributed by atoms with Crippen molar-refractivity contribution in [2.75, 3.05) is 20.1 Å². The Labute approximate surface area is 119 Å². The number of carbonyl (C=O) groups excluding carboxylic acids is 1. The molecule has 0 radical (unpaired) electrons. The predicted octanol–water partition coefficient (Wildman–Crippen LogP) is -0.253. The van der Waals surface area contributed by atoms with E-state index in [4.69, 9.17) is 0 Å². The highest BCUT2D eigenvalue weighted by molar-refractivity contribution is 7.89. The number of carbonyl (C=O) groups is 1. The van der Waals surface area contributed by atoms with Crippen LogP contribution in [-0.2, 0) is 27.8 Å². The van der Waals surface area contributed by atoms with E-state index in [-0.39, 0.29) is 18.9 Å².